The Morgan fingerprint density at radius 1 is 0.926 bits per heavy atom. The molecule has 5 nitrogen and oxygen atoms in total. The lowest BCUT2D eigenvalue weighted by Gasteiger charge is -2.21. The second kappa shape index (κ2) is 11.1. The molecule has 0 unspecified atom stereocenters. The molecule has 0 atom stereocenters. The number of nitrogens with zero attached hydrogens (tertiary/aromatic N) is 2. The second-order valence-electron chi connectivity index (χ2n) is 6.55. The molecule has 1 aromatic heterocycles. The van der Waals surface area contributed by atoms with Crippen molar-refractivity contribution in [1.29, 1.82) is 0 Å². The Morgan fingerprint density at radius 2 is 1.59 bits per heavy atom. The van der Waals surface area contributed by atoms with Gasteiger partial charge in [0.25, 0.3) is 11.8 Å². The smallest absolute Gasteiger partial charge is 0.272 e. The van der Waals surface area contributed by atoms with Crippen molar-refractivity contribution in [2.75, 3.05) is 19.6 Å². The lowest BCUT2D eigenvalue weighted by atomic mass is 10.1. The molecule has 1 heterocycles. The minimum atomic E-state index is -0.241. The van der Waals surface area contributed by atoms with Crippen molar-refractivity contribution < 1.29 is 9.59 Å². The molecule has 0 bridgehead atoms. The van der Waals surface area contributed by atoms with Gasteiger partial charge in [-0.1, -0.05) is 50.2 Å². The van der Waals surface area contributed by atoms with Gasteiger partial charge in [0, 0.05) is 19.6 Å². The van der Waals surface area contributed by atoms with Crippen LogP contribution in [0.25, 0.3) is 0 Å². The first-order valence-electron chi connectivity index (χ1n) is 9.74. The minimum Gasteiger partial charge on any atom is -0.351 e. The Morgan fingerprint density at radius 3 is 2.26 bits per heavy atom. The molecule has 0 saturated heterocycles. The van der Waals surface area contributed by atoms with Crippen molar-refractivity contribution in [2.45, 2.75) is 39.5 Å². The van der Waals surface area contributed by atoms with Crippen LogP contribution in [-0.2, 0) is 6.42 Å². The van der Waals surface area contributed by atoms with E-state index in [1.165, 1.54) is 5.56 Å². The molecule has 0 fully saturated rings. The van der Waals surface area contributed by atoms with Crippen molar-refractivity contribution >= 4 is 11.8 Å². The molecule has 144 valence electrons. The maximum Gasteiger partial charge on any atom is 0.272 e. The van der Waals surface area contributed by atoms with Crippen LogP contribution in [0.1, 0.15) is 59.7 Å². The van der Waals surface area contributed by atoms with Crippen molar-refractivity contribution in [3.8, 4) is 0 Å². The van der Waals surface area contributed by atoms with Gasteiger partial charge in [0.1, 0.15) is 11.4 Å². The van der Waals surface area contributed by atoms with Gasteiger partial charge >= 0.3 is 0 Å². The minimum absolute atomic E-state index is 0.113. The summed E-state index contributed by atoms with van der Waals surface area (Å²) in [6.07, 6.45) is 3.56. The third-order valence-corrected chi connectivity index (χ3v) is 4.25. The summed E-state index contributed by atoms with van der Waals surface area (Å²) in [5.41, 5.74) is 1.87. The molecule has 1 aromatic carbocycles. The molecular formula is C22H29N3O2. The first kappa shape index (κ1) is 20.6. The quantitative estimate of drug-likeness (QED) is 0.651. The lowest BCUT2D eigenvalue weighted by Crippen LogP contribution is -2.33. The predicted molar refractivity (Wildman–Crippen MR) is 108 cm³/mol. The van der Waals surface area contributed by atoms with Crippen LogP contribution >= 0.6 is 0 Å². The Kier molecular flexibility index (Phi) is 8.49. The maximum atomic E-state index is 12.6. The number of amides is 2. The third-order valence-electron chi connectivity index (χ3n) is 4.25. The third kappa shape index (κ3) is 6.51. The van der Waals surface area contributed by atoms with Crippen molar-refractivity contribution in [2.24, 2.45) is 0 Å². The fourth-order valence-corrected chi connectivity index (χ4v) is 2.93. The fourth-order valence-electron chi connectivity index (χ4n) is 2.93. The van der Waals surface area contributed by atoms with E-state index in [-0.39, 0.29) is 17.5 Å². The van der Waals surface area contributed by atoms with E-state index < -0.39 is 0 Å². The normalized spacial score (nSPS) is 10.4. The summed E-state index contributed by atoms with van der Waals surface area (Å²) in [4.78, 5) is 31.1. The van der Waals surface area contributed by atoms with Gasteiger partial charge in [0.15, 0.2) is 0 Å². The van der Waals surface area contributed by atoms with Gasteiger partial charge < -0.3 is 10.2 Å². The summed E-state index contributed by atoms with van der Waals surface area (Å²) in [6.45, 7) is 6.06. The number of aromatic nitrogens is 1. The number of carbonyl (C=O) groups excluding carboxylic acids is 2. The van der Waals surface area contributed by atoms with Crippen molar-refractivity contribution in [3.05, 3.63) is 65.5 Å². The second-order valence-corrected chi connectivity index (χ2v) is 6.55. The van der Waals surface area contributed by atoms with Gasteiger partial charge in [-0.25, -0.2) is 4.98 Å². The fraction of sp³-hybridized carbons (Fsp3) is 0.409. The molecule has 0 aliphatic rings. The standard InChI is InChI=1S/C22H29N3O2/c1-3-16-25(17-4-2)22(27)20-14-8-13-19(24-20)21(26)23-15-9-12-18-10-6-5-7-11-18/h5-8,10-11,13-14H,3-4,9,12,15-17H2,1-2H3,(H,23,26). The van der Waals surface area contributed by atoms with Crippen LogP contribution in [0.3, 0.4) is 0 Å². The predicted octanol–water partition coefficient (Wildman–Crippen LogP) is 3.71. The van der Waals surface area contributed by atoms with E-state index in [0.717, 1.165) is 25.7 Å². The Balaban J connectivity index is 1.91. The van der Waals surface area contributed by atoms with Gasteiger partial charge in [-0.15, -0.1) is 0 Å². The van der Waals surface area contributed by atoms with Crippen LogP contribution in [0.5, 0.6) is 0 Å². The molecule has 0 aliphatic carbocycles. The van der Waals surface area contributed by atoms with E-state index in [1.54, 1.807) is 23.1 Å². The number of nitrogens with one attached hydrogen (secondary N) is 1. The maximum absolute atomic E-state index is 12.6. The van der Waals surface area contributed by atoms with Gasteiger partial charge in [-0.3, -0.25) is 9.59 Å². The van der Waals surface area contributed by atoms with Crippen molar-refractivity contribution in [3.63, 3.8) is 0 Å². The largest absolute Gasteiger partial charge is 0.351 e. The first-order valence-corrected chi connectivity index (χ1v) is 9.74. The summed E-state index contributed by atoms with van der Waals surface area (Å²) in [5.74, 6) is -0.354. The number of rotatable bonds is 10. The molecule has 0 saturated carbocycles. The molecular weight excluding hydrogens is 338 g/mol. The molecule has 2 amide bonds. The monoisotopic (exact) mass is 367 g/mol. The number of benzene rings is 1. The summed E-state index contributed by atoms with van der Waals surface area (Å²) in [5, 5.41) is 2.89. The highest BCUT2D eigenvalue weighted by Crippen LogP contribution is 2.07. The summed E-state index contributed by atoms with van der Waals surface area (Å²) in [6, 6.07) is 15.2. The molecule has 1 N–H and O–H groups in total. The molecule has 0 aliphatic heterocycles. The van der Waals surface area contributed by atoms with Crippen LogP contribution in [0.15, 0.2) is 48.5 Å². The average molecular weight is 367 g/mol. The number of carbonyl (C=O) groups is 2. The molecule has 27 heavy (non-hydrogen) atoms. The average Bonchev–Trinajstić information content (AvgIpc) is 2.71. The Labute approximate surface area is 161 Å². The van der Waals surface area contributed by atoms with E-state index >= 15 is 0 Å². The van der Waals surface area contributed by atoms with Crippen LogP contribution in [0.2, 0.25) is 0 Å². The van der Waals surface area contributed by atoms with Crippen molar-refractivity contribution in [1.82, 2.24) is 15.2 Å². The summed E-state index contributed by atoms with van der Waals surface area (Å²) in [7, 11) is 0. The zero-order chi connectivity index (χ0) is 19.5. The van der Waals surface area contributed by atoms with E-state index in [2.05, 4.69) is 22.4 Å². The zero-order valence-electron chi connectivity index (χ0n) is 16.3. The highest BCUT2D eigenvalue weighted by Gasteiger charge is 2.17. The number of pyridine rings is 1. The highest BCUT2D eigenvalue weighted by atomic mass is 16.2. The summed E-state index contributed by atoms with van der Waals surface area (Å²) < 4.78 is 0. The molecule has 0 spiro atoms. The first-order chi connectivity index (χ1) is 13.2. The van der Waals surface area contributed by atoms with Gasteiger partial charge in [-0.05, 0) is 43.4 Å². The van der Waals surface area contributed by atoms with Crippen LogP contribution < -0.4 is 5.32 Å². The Bertz CT molecular complexity index is 725. The topological polar surface area (TPSA) is 62.3 Å². The van der Waals surface area contributed by atoms with E-state index in [0.29, 0.717) is 25.3 Å². The number of hydrogen-bond donors (Lipinski definition) is 1. The number of aryl methyl sites for hydroxylation is 1. The van der Waals surface area contributed by atoms with E-state index in [4.69, 9.17) is 0 Å². The van der Waals surface area contributed by atoms with E-state index in [9.17, 15) is 9.59 Å². The van der Waals surface area contributed by atoms with Gasteiger partial charge in [0.2, 0.25) is 0 Å². The SMILES string of the molecule is CCCN(CCC)C(=O)c1cccc(C(=O)NCCCc2ccccc2)n1. The van der Waals surface area contributed by atoms with Crippen LogP contribution in [0, 0.1) is 0 Å². The van der Waals surface area contributed by atoms with Crippen LogP contribution in [-0.4, -0.2) is 41.3 Å². The van der Waals surface area contributed by atoms with E-state index in [1.807, 2.05) is 32.0 Å². The lowest BCUT2D eigenvalue weighted by molar-refractivity contribution is 0.0749. The number of hydrogen-bond acceptors (Lipinski definition) is 3. The molecule has 5 heteroatoms. The van der Waals surface area contributed by atoms with Crippen LogP contribution in [0.4, 0.5) is 0 Å². The summed E-state index contributed by atoms with van der Waals surface area (Å²) >= 11 is 0. The molecule has 2 aromatic rings. The molecule has 0 radical (unpaired) electrons. The molecule has 2 rings (SSSR count). The highest BCUT2D eigenvalue weighted by molar-refractivity contribution is 5.96. The van der Waals surface area contributed by atoms with Gasteiger partial charge in [-0.2, -0.15) is 0 Å². The van der Waals surface area contributed by atoms with Gasteiger partial charge in [0.05, 0.1) is 0 Å². The zero-order valence-corrected chi connectivity index (χ0v) is 16.3. The Hall–Kier alpha value is -2.69.